The van der Waals surface area contributed by atoms with Crippen molar-refractivity contribution < 1.29 is 0 Å². The first-order chi connectivity index (χ1) is 9.66. The Morgan fingerprint density at radius 1 is 1.25 bits per heavy atom. The maximum absolute atomic E-state index is 4.89. The number of aryl methyl sites for hydroxylation is 1. The van der Waals surface area contributed by atoms with Crippen LogP contribution in [0.1, 0.15) is 38.4 Å². The molecule has 0 bridgehead atoms. The van der Waals surface area contributed by atoms with Crippen LogP contribution in [0.5, 0.6) is 0 Å². The lowest BCUT2D eigenvalue weighted by Gasteiger charge is -2.28. The number of nitrogens with zero attached hydrogens (tertiary/aromatic N) is 4. The number of likely N-dealkylation sites (tertiary alicyclic amines) is 1. The Hall–Kier alpha value is -1.68. The van der Waals surface area contributed by atoms with Gasteiger partial charge < -0.3 is 0 Å². The van der Waals surface area contributed by atoms with Crippen LogP contribution in [0.3, 0.4) is 0 Å². The molecule has 0 radical (unpaired) electrons. The molecule has 2 aromatic rings. The second-order valence-electron chi connectivity index (χ2n) is 5.78. The Labute approximate surface area is 120 Å². The maximum Gasteiger partial charge on any atom is 0.0886 e. The van der Waals surface area contributed by atoms with Crippen molar-refractivity contribution in [2.45, 2.75) is 38.8 Å². The average molecular weight is 270 g/mol. The third kappa shape index (κ3) is 2.36. The summed E-state index contributed by atoms with van der Waals surface area (Å²) in [5.41, 5.74) is 3.27. The van der Waals surface area contributed by atoms with Crippen molar-refractivity contribution in [3.63, 3.8) is 0 Å². The summed E-state index contributed by atoms with van der Waals surface area (Å²) in [4.78, 5) is 7.44. The molecule has 0 saturated carbocycles. The van der Waals surface area contributed by atoms with Gasteiger partial charge in [-0.3, -0.25) is 9.58 Å². The van der Waals surface area contributed by atoms with Gasteiger partial charge in [0.15, 0.2) is 0 Å². The van der Waals surface area contributed by atoms with E-state index in [4.69, 9.17) is 4.98 Å². The number of hydrogen-bond donors (Lipinski definition) is 0. The fraction of sp³-hybridized carbons (Fsp3) is 0.500. The minimum Gasteiger partial charge on any atom is -0.292 e. The van der Waals surface area contributed by atoms with Gasteiger partial charge in [-0.1, -0.05) is 6.07 Å². The lowest BCUT2D eigenvalue weighted by atomic mass is 10.1. The van der Waals surface area contributed by atoms with Crippen LogP contribution in [0.25, 0.3) is 11.4 Å². The highest BCUT2D eigenvalue weighted by Gasteiger charge is 2.28. The van der Waals surface area contributed by atoms with Crippen molar-refractivity contribution in [3.8, 4) is 11.4 Å². The zero-order chi connectivity index (χ0) is 14.1. The van der Waals surface area contributed by atoms with Gasteiger partial charge in [0.2, 0.25) is 0 Å². The van der Waals surface area contributed by atoms with Crippen LogP contribution in [0, 0.1) is 0 Å². The van der Waals surface area contributed by atoms with Crippen LogP contribution in [-0.2, 0) is 7.05 Å². The van der Waals surface area contributed by atoms with Crippen molar-refractivity contribution in [1.29, 1.82) is 0 Å². The standard InChI is InChI=1S/C16H22N4/c1-12(2)20-11-5-8-16(20)14-7-4-6-13(18-14)15-9-10-17-19(15)3/h4,6-7,9-10,12,16H,5,8,11H2,1-3H3/t16-/m0/s1. The topological polar surface area (TPSA) is 34.0 Å². The molecule has 0 spiro atoms. The highest BCUT2D eigenvalue weighted by molar-refractivity contribution is 5.54. The molecule has 0 aromatic carbocycles. The van der Waals surface area contributed by atoms with Crippen molar-refractivity contribution in [2.75, 3.05) is 6.54 Å². The van der Waals surface area contributed by atoms with Crippen LogP contribution in [-0.4, -0.2) is 32.3 Å². The van der Waals surface area contributed by atoms with E-state index in [1.54, 1.807) is 0 Å². The Balaban J connectivity index is 1.94. The maximum atomic E-state index is 4.89. The molecule has 1 aliphatic rings. The molecule has 106 valence electrons. The zero-order valence-corrected chi connectivity index (χ0v) is 12.5. The number of aromatic nitrogens is 3. The quantitative estimate of drug-likeness (QED) is 0.859. The first kappa shape index (κ1) is 13.3. The molecule has 3 rings (SSSR count). The Kier molecular flexibility index (Phi) is 3.57. The molecule has 1 fully saturated rings. The normalized spacial score (nSPS) is 19.9. The summed E-state index contributed by atoms with van der Waals surface area (Å²) >= 11 is 0. The third-order valence-electron chi connectivity index (χ3n) is 4.15. The summed E-state index contributed by atoms with van der Waals surface area (Å²) < 4.78 is 1.88. The molecule has 1 atom stereocenters. The SMILES string of the molecule is CC(C)N1CCC[C@H]1c1cccc(-c2ccnn2C)n1. The van der Waals surface area contributed by atoms with Gasteiger partial charge >= 0.3 is 0 Å². The molecule has 0 amide bonds. The van der Waals surface area contributed by atoms with Crippen LogP contribution >= 0.6 is 0 Å². The molecule has 4 heteroatoms. The summed E-state index contributed by atoms with van der Waals surface area (Å²) in [6.45, 7) is 5.71. The van der Waals surface area contributed by atoms with E-state index in [1.165, 1.54) is 25.1 Å². The number of rotatable bonds is 3. The summed E-state index contributed by atoms with van der Waals surface area (Å²) in [6.07, 6.45) is 4.29. The Bertz CT molecular complexity index is 588. The Morgan fingerprint density at radius 2 is 2.10 bits per heavy atom. The van der Waals surface area contributed by atoms with E-state index in [0.29, 0.717) is 12.1 Å². The van der Waals surface area contributed by atoms with E-state index < -0.39 is 0 Å². The van der Waals surface area contributed by atoms with Gasteiger partial charge in [-0.2, -0.15) is 5.10 Å². The molecule has 20 heavy (non-hydrogen) atoms. The van der Waals surface area contributed by atoms with E-state index in [9.17, 15) is 0 Å². The van der Waals surface area contributed by atoms with Crippen molar-refractivity contribution >= 4 is 0 Å². The minimum absolute atomic E-state index is 0.461. The van der Waals surface area contributed by atoms with Gasteiger partial charge in [-0.15, -0.1) is 0 Å². The average Bonchev–Trinajstić information content (AvgIpc) is 3.07. The fourth-order valence-electron chi connectivity index (χ4n) is 3.13. The molecule has 0 N–H and O–H groups in total. The molecular weight excluding hydrogens is 248 g/mol. The molecule has 0 aliphatic carbocycles. The smallest absolute Gasteiger partial charge is 0.0886 e. The van der Waals surface area contributed by atoms with E-state index in [1.807, 2.05) is 24.0 Å². The van der Waals surface area contributed by atoms with Crippen LogP contribution in [0.4, 0.5) is 0 Å². The van der Waals surface area contributed by atoms with Crippen LogP contribution in [0.15, 0.2) is 30.5 Å². The largest absolute Gasteiger partial charge is 0.292 e. The first-order valence-electron chi connectivity index (χ1n) is 7.38. The van der Waals surface area contributed by atoms with E-state index in [2.05, 4.69) is 42.0 Å². The number of hydrogen-bond acceptors (Lipinski definition) is 3. The van der Waals surface area contributed by atoms with Crippen molar-refractivity contribution in [2.24, 2.45) is 7.05 Å². The second-order valence-corrected chi connectivity index (χ2v) is 5.78. The molecule has 1 saturated heterocycles. The lowest BCUT2D eigenvalue weighted by molar-refractivity contribution is 0.202. The van der Waals surface area contributed by atoms with Gasteiger partial charge in [0, 0.05) is 19.3 Å². The third-order valence-corrected chi connectivity index (χ3v) is 4.15. The minimum atomic E-state index is 0.461. The highest BCUT2D eigenvalue weighted by atomic mass is 15.3. The summed E-state index contributed by atoms with van der Waals surface area (Å²) in [7, 11) is 1.96. The monoisotopic (exact) mass is 270 g/mol. The van der Waals surface area contributed by atoms with Crippen molar-refractivity contribution in [3.05, 3.63) is 36.2 Å². The predicted octanol–water partition coefficient (Wildman–Crippen LogP) is 3.03. The molecule has 0 unspecified atom stereocenters. The van der Waals surface area contributed by atoms with E-state index in [0.717, 1.165) is 11.4 Å². The first-order valence-corrected chi connectivity index (χ1v) is 7.38. The fourth-order valence-corrected chi connectivity index (χ4v) is 3.13. The summed E-state index contributed by atoms with van der Waals surface area (Å²) in [5.74, 6) is 0. The van der Waals surface area contributed by atoms with Crippen molar-refractivity contribution in [1.82, 2.24) is 19.7 Å². The van der Waals surface area contributed by atoms with Gasteiger partial charge in [0.25, 0.3) is 0 Å². The molecule has 1 aliphatic heterocycles. The van der Waals surface area contributed by atoms with E-state index >= 15 is 0 Å². The summed E-state index contributed by atoms with van der Waals surface area (Å²) in [6, 6.07) is 9.39. The molecule has 4 nitrogen and oxygen atoms in total. The van der Waals surface area contributed by atoms with Crippen LogP contribution in [0.2, 0.25) is 0 Å². The van der Waals surface area contributed by atoms with Crippen LogP contribution < -0.4 is 0 Å². The predicted molar refractivity (Wildman–Crippen MR) is 80.3 cm³/mol. The van der Waals surface area contributed by atoms with Gasteiger partial charge in [0.05, 0.1) is 23.1 Å². The highest BCUT2D eigenvalue weighted by Crippen LogP contribution is 2.33. The molecule has 2 aromatic heterocycles. The number of pyridine rings is 1. The molecule has 3 heterocycles. The zero-order valence-electron chi connectivity index (χ0n) is 12.5. The lowest BCUT2D eigenvalue weighted by Crippen LogP contribution is -2.30. The van der Waals surface area contributed by atoms with Gasteiger partial charge in [-0.25, -0.2) is 4.98 Å². The molecular formula is C16H22N4. The summed E-state index contributed by atoms with van der Waals surface area (Å²) in [5, 5.41) is 4.23. The Morgan fingerprint density at radius 3 is 2.80 bits per heavy atom. The van der Waals surface area contributed by atoms with E-state index in [-0.39, 0.29) is 0 Å². The second kappa shape index (κ2) is 5.37. The van der Waals surface area contributed by atoms with Gasteiger partial charge in [-0.05, 0) is 51.4 Å². The van der Waals surface area contributed by atoms with Gasteiger partial charge in [0.1, 0.15) is 0 Å².